The Labute approximate surface area is 159 Å². The highest BCUT2D eigenvalue weighted by atomic mass is 19.4. The Bertz CT molecular complexity index is 586. The molecule has 0 aromatic rings. The van der Waals surface area contributed by atoms with Gasteiger partial charge in [-0.05, 0) is 24.8 Å². The maximum Gasteiger partial charge on any atom is 0.460 e. The molecule has 178 valence electrons. The zero-order valence-electron chi connectivity index (χ0n) is 14.5. The van der Waals surface area contributed by atoms with Gasteiger partial charge in [-0.3, -0.25) is 0 Å². The van der Waals surface area contributed by atoms with Gasteiger partial charge in [-0.25, -0.2) is 0 Å². The first-order valence-electron chi connectivity index (χ1n) is 8.14. The van der Waals surface area contributed by atoms with Gasteiger partial charge < -0.3 is 5.11 Å². The van der Waals surface area contributed by atoms with Gasteiger partial charge in [0.15, 0.2) is 0 Å². The van der Waals surface area contributed by atoms with Gasteiger partial charge in [0, 0.05) is 0 Å². The average Bonchev–Trinajstić information content (AvgIpc) is 2.57. The van der Waals surface area contributed by atoms with Crippen LogP contribution in [0.4, 0.5) is 61.5 Å². The molecule has 1 rings (SSSR count). The largest absolute Gasteiger partial charge is 0.460 e. The molecule has 1 N–H and O–H groups in total. The van der Waals surface area contributed by atoms with E-state index in [1.54, 1.807) is 0 Å². The molecule has 15 heteroatoms. The second-order valence-corrected chi connectivity index (χ2v) is 6.82. The molecule has 0 atom stereocenters. The second-order valence-electron chi connectivity index (χ2n) is 6.82. The fourth-order valence-corrected chi connectivity index (χ4v) is 2.84. The summed E-state index contributed by atoms with van der Waals surface area (Å²) in [6.45, 7) is 0. The summed E-state index contributed by atoms with van der Waals surface area (Å²) < 4.78 is 183. The van der Waals surface area contributed by atoms with Crippen LogP contribution >= 0.6 is 0 Å². The first-order chi connectivity index (χ1) is 13.1. The summed E-state index contributed by atoms with van der Waals surface area (Å²) >= 11 is 0. The zero-order chi connectivity index (χ0) is 24.0. The normalized spacial score (nSPS) is 19.6. The molecule has 30 heavy (non-hydrogen) atoms. The minimum absolute atomic E-state index is 0.0277. The molecule has 0 spiro atoms. The molecule has 0 radical (unpaired) electrons. The fourth-order valence-electron chi connectivity index (χ4n) is 2.84. The maximum absolute atomic E-state index is 14.0. The van der Waals surface area contributed by atoms with E-state index < -0.39 is 53.6 Å². The lowest BCUT2D eigenvalue weighted by Crippen LogP contribution is -2.75. The lowest BCUT2D eigenvalue weighted by atomic mass is 9.79. The van der Waals surface area contributed by atoms with Crippen molar-refractivity contribution < 1.29 is 66.6 Å². The van der Waals surface area contributed by atoms with E-state index in [4.69, 9.17) is 0 Å². The first-order valence-corrected chi connectivity index (χ1v) is 8.14. The van der Waals surface area contributed by atoms with Crippen LogP contribution < -0.4 is 0 Å². The highest BCUT2D eigenvalue weighted by Crippen LogP contribution is 2.61. The van der Waals surface area contributed by atoms with Gasteiger partial charge in [0.2, 0.25) is 5.60 Å². The Balaban J connectivity index is 3.74. The highest BCUT2D eigenvalue weighted by molar-refractivity contribution is 5.24. The Morgan fingerprint density at radius 2 is 0.867 bits per heavy atom. The van der Waals surface area contributed by atoms with Crippen LogP contribution in [0.5, 0.6) is 0 Å². The third kappa shape index (κ3) is 3.97. The monoisotopic (exact) mass is 476 g/mol. The summed E-state index contributed by atoms with van der Waals surface area (Å²) in [6.07, 6.45) is -14.9. The van der Waals surface area contributed by atoms with E-state index in [-0.39, 0.29) is 31.8 Å². The number of alkyl halides is 14. The lowest BCUT2D eigenvalue weighted by Gasteiger charge is -2.45. The molecule has 0 aromatic carbocycles. The molecule has 1 fully saturated rings. The summed E-state index contributed by atoms with van der Waals surface area (Å²) in [5.41, 5.74) is -6.56. The smallest absolute Gasteiger partial charge is 0.374 e. The molecule has 0 amide bonds. The van der Waals surface area contributed by atoms with Crippen LogP contribution in [0.15, 0.2) is 12.2 Å². The number of hydrogen-bond donors (Lipinski definition) is 1. The number of rotatable bonds is 6. The van der Waals surface area contributed by atoms with Gasteiger partial charge in [0.05, 0.1) is 0 Å². The molecule has 0 aromatic heterocycles. The van der Waals surface area contributed by atoms with Crippen LogP contribution in [-0.2, 0) is 0 Å². The van der Waals surface area contributed by atoms with Crippen molar-refractivity contribution in [3.8, 4) is 0 Å². The van der Waals surface area contributed by atoms with Gasteiger partial charge in [-0.2, -0.15) is 61.5 Å². The van der Waals surface area contributed by atoms with E-state index in [1.165, 1.54) is 0 Å². The number of allylic oxidation sites excluding steroid dienone is 1. The maximum atomic E-state index is 14.0. The van der Waals surface area contributed by atoms with Crippen molar-refractivity contribution in [2.24, 2.45) is 5.92 Å². The third-order valence-electron chi connectivity index (χ3n) is 4.72. The van der Waals surface area contributed by atoms with E-state index in [0.717, 1.165) is 0 Å². The van der Waals surface area contributed by atoms with Crippen LogP contribution in [0, 0.1) is 5.92 Å². The molecule has 0 bridgehead atoms. The minimum atomic E-state index is -7.60. The number of aliphatic hydroxyl groups is 1. The first kappa shape index (κ1) is 26.8. The zero-order valence-corrected chi connectivity index (χ0v) is 14.5. The van der Waals surface area contributed by atoms with Gasteiger partial charge in [0.1, 0.15) is 0 Å². The summed E-state index contributed by atoms with van der Waals surface area (Å²) in [5.74, 6) is -31.4. The molecule has 1 aliphatic carbocycles. The summed E-state index contributed by atoms with van der Waals surface area (Å²) in [5, 5.41) is 9.45. The number of hydrogen-bond acceptors (Lipinski definition) is 1. The summed E-state index contributed by atoms with van der Waals surface area (Å²) in [7, 11) is 0. The second kappa shape index (κ2) is 7.69. The predicted molar refractivity (Wildman–Crippen MR) is 72.6 cm³/mol. The lowest BCUT2D eigenvalue weighted by molar-refractivity contribution is -0.439. The molecule has 1 nitrogen and oxygen atoms in total. The minimum Gasteiger partial charge on any atom is -0.374 e. The van der Waals surface area contributed by atoms with Crippen LogP contribution in [0.25, 0.3) is 0 Å². The molecule has 1 saturated carbocycles. The molecule has 0 heterocycles. The Kier molecular flexibility index (Phi) is 6.86. The van der Waals surface area contributed by atoms with Crippen LogP contribution in [0.3, 0.4) is 0 Å². The predicted octanol–water partition coefficient (Wildman–Crippen LogP) is 6.52. The third-order valence-corrected chi connectivity index (χ3v) is 4.72. The van der Waals surface area contributed by atoms with Gasteiger partial charge in [0.25, 0.3) is 0 Å². The van der Waals surface area contributed by atoms with Crippen molar-refractivity contribution in [2.75, 3.05) is 0 Å². The van der Waals surface area contributed by atoms with E-state index in [0.29, 0.717) is 6.42 Å². The number of halogens is 14. The van der Waals surface area contributed by atoms with Crippen LogP contribution in [0.1, 0.15) is 32.1 Å². The van der Waals surface area contributed by atoms with E-state index in [9.17, 15) is 66.6 Å². The van der Waals surface area contributed by atoms with Gasteiger partial charge >= 0.3 is 36.0 Å². The standard InChI is InChI=1S/C15H14F14O/c16-10(17,12(20,21)14(24,25)26)9(30,7-6-8-4-2-1-3-5-8)11(18,19)13(22,23)15(27,28)29/h6-8,30H,1-5H2. The SMILES string of the molecule is OC(C=CC1CCCCC1)(C(F)(F)C(F)(F)C(F)(F)F)C(F)(F)C(F)(F)C(F)(F)F. The van der Waals surface area contributed by atoms with Crippen molar-refractivity contribution >= 4 is 0 Å². The van der Waals surface area contributed by atoms with Crippen molar-refractivity contribution in [3.05, 3.63) is 12.2 Å². The Hall–Kier alpha value is -1.28. The summed E-state index contributed by atoms with van der Waals surface area (Å²) in [4.78, 5) is 0. The summed E-state index contributed by atoms with van der Waals surface area (Å²) in [6, 6.07) is 0. The molecular weight excluding hydrogens is 462 g/mol. The molecule has 0 saturated heterocycles. The van der Waals surface area contributed by atoms with E-state index in [1.807, 2.05) is 0 Å². The van der Waals surface area contributed by atoms with Gasteiger partial charge in [-0.15, -0.1) is 0 Å². The Morgan fingerprint density at radius 1 is 0.533 bits per heavy atom. The van der Waals surface area contributed by atoms with Crippen LogP contribution in [0.2, 0.25) is 0 Å². The topological polar surface area (TPSA) is 20.2 Å². The Morgan fingerprint density at radius 3 is 1.17 bits per heavy atom. The molecule has 0 aliphatic heterocycles. The molecule has 0 unspecified atom stereocenters. The van der Waals surface area contributed by atoms with E-state index in [2.05, 4.69) is 0 Å². The van der Waals surface area contributed by atoms with E-state index >= 15 is 0 Å². The van der Waals surface area contributed by atoms with Crippen molar-refractivity contribution in [1.82, 2.24) is 0 Å². The molecular formula is C15H14F14O. The van der Waals surface area contributed by atoms with Gasteiger partial charge in [-0.1, -0.05) is 25.3 Å². The van der Waals surface area contributed by atoms with Crippen molar-refractivity contribution in [1.29, 1.82) is 0 Å². The highest BCUT2D eigenvalue weighted by Gasteiger charge is 2.90. The fraction of sp³-hybridized carbons (Fsp3) is 0.867. The molecule has 1 aliphatic rings. The van der Waals surface area contributed by atoms with Crippen molar-refractivity contribution in [2.45, 2.75) is 73.7 Å². The average molecular weight is 476 g/mol. The van der Waals surface area contributed by atoms with Crippen LogP contribution in [-0.4, -0.2) is 46.8 Å². The van der Waals surface area contributed by atoms with Crippen molar-refractivity contribution in [3.63, 3.8) is 0 Å². The quantitative estimate of drug-likeness (QED) is 0.342.